The lowest BCUT2D eigenvalue weighted by atomic mass is 9.39. The van der Waals surface area contributed by atoms with E-state index in [9.17, 15) is 0 Å². The lowest BCUT2D eigenvalue weighted by Gasteiger charge is -2.51. The maximum Gasteiger partial charge on any atom is 0.230 e. The molecule has 1 saturated heterocycles. The molecule has 4 saturated carbocycles. The van der Waals surface area contributed by atoms with Gasteiger partial charge in [0.05, 0.1) is 0 Å². The highest BCUT2D eigenvalue weighted by Crippen LogP contribution is 2.72. The molecule has 0 bridgehead atoms. The van der Waals surface area contributed by atoms with Crippen LogP contribution in [0.25, 0.3) is 0 Å². The third kappa shape index (κ3) is 3.46. The lowest BCUT2D eigenvalue weighted by Crippen LogP contribution is -2.62. The Morgan fingerprint density at radius 2 is 1.00 bits per heavy atom. The zero-order chi connectivity index (χ0) is 23.0. The van der Waals surface area contributed by atoms with E-state index in [1.54, 1.807) is 38.5 Å². The molecule has 0 aromatic heterocycles. The third-order valence-corrected chi connectivity index (χ3v) is 33.0. The van der Waals surface area contributed by atoms with E-state index in [4.69, 9.17) is 0 Å². The first-order valence-corrected chi connectivity index (χ1v) is 22.0. The van der Waals surface area contributed by atoms with Crippen LogP contribution >= 0.6 is 0 Å². The van der Waals surface area contributed by atoms with E-state index in [2.05, 4.69) is 58.7 Å². The molecule has 4 heteroatoms. The molecule has 0 amide bonds. The first kappa shape index (κ1) is 24.2. The fourth-order valence-electron chi connectivity index (χ4n) is 11.4. The van der Waals surface area contributed by atoms with Crippen LogP contribution in [-0.2, 0) is 0 Å². The van der Waals surface area contributed by atoms with Crippen LogP contribution in [-0.4, -0.2) is 38.9 Å². The Kier molecular flexibility index (Phi) is 6.45. The summed E-state index contributed by atoms with van der Waals surface area (Å²) in [5.74, 6) is 6.42. The molecule has 8 atom stereocenters. The number of fused-ring (bicyclic) bond motifs is 6. The van der Waals surface area contributed by atoms with Gasteiger partial charge in [0.25, 0.3) is 0 Å². The monoisotopic (exact) mass is 471 g/mol. The quantitative estimate of drug-likeness (QED) is 0.373. The van der Waals surface area contributed by atoms with Gasteiger partial charge in [0, 0.05) is 15.2 Å². The summed E-state index contributed by atoms with van der Waals surface area (Å²) in [5.41, 5.74) is 2.26. The van der Waals surface area contributed by atoms with Crippen LogP contribution in [0.5, 0.6) is 0 Å². The SMILES string of the molecule is CC(C)N(B1C2CC3CCCCC3C2[Si](C)(C)[Si](C)(C)C2C1CC1CCCCC12)C(C)C. The second-order valence-corrected chi connectivity index (χ2v) is 30.8. The highest BCUT2D eigenvalue weighted by atomic mass is 29.3. The van der Waals surface area contributed by atoms with Gasteiger partial charge in [-0.15, -0.1) is 0 Å². The summed E-state index contributed by atoms with van der Waals surface area (Å²) < 4.78 is 0. The molecule has 5 aliphatic rings. The van der Waals surface area contributed by atoms with Crippen molar-refractivity contribution in [2.75, 3.05) is 0 Å². The van der Waals surface area contributed by atoms with Gasteiger partial charge in [0.1, 0.15) is 0 Å². The number of hydrogen-bond donors (Lipinski definition) is 0. The van der Waals surface area contributed by atoms with Gasteiger partial charge in [-0.3, -0.25) is 0 Å². The zero-order valence-electron chi connectivity index (χ0n) is 22.9. The Balaban J connectivity index is 1.67. The van der Waals surface area contributed by atoms with Crippen LogP contribution in [0.4, 0.5) is 0 Å². The van der Waals surface area contributed by atoms with Gasteiger partial charge in [-0.05, 0) is 58.5 Å². The highest BCUT2D eigenvalue weighted by molar-refractivity contribution is 7.42. The number of rotatable bonds is 3. The zero-order valence-corrected chi connectivity index (χ0v) is 24.9. The Morgan fingerprint density at radius 1 is 0.625 bits per heavy atom. The molecule has 0 spiro atoms. The minimum absolute atomic E-state index is 0.694. The smallest absolute Gasteiger partial charge is 0.230 e. The second kappa shape index (κ2) is 8.54. The Morgan fingerprint density at radius 3 is 1.38 bits per heavy atom. The molecule has 0 aromatic rings. The molecule has 1 nitrogen and oxygen atoms in total. The molecule has 4 aliphatic carbocycles. The standard InChI is InChI=1S/C28H54BNSi2/c1-19(2)30(20(3)4)29-25-17-21-13-9-11-15-23(21)27(25)31(5,6)32(7,8)28-24-16-12-10-14-22(24)18-26(28)29/h19-28H,9-18H2,1-8H3. The Bertz CT molecular complexity index is 635. The van der Waals surface area contributed by atoms with E-state index >= 15 is 0 Å². The lowest BCUT2D eigenvalue weighted by molar-refractivity contribution is 0.273. The van der Waals surface area contributed by atoms with Crippen LogP contribution in [0.15, 0.2) is 0 Å². The van der Waals surface area contributed by atoms with Crippen molar-refractivity contribution in [3.63, 3.8) is 0 Å². The number of hydrogen-bond acceptors (Lipinski definition) is 1. The third-order valence-electron chi connectivity index (χ3n) is 12.7. The molecule has 5 rings (SSSR count). The molecular formula is C28H54BNSi2. The van der Waals surface area contributed by atoms with Crippen molar-refractivity contribution in [1.82, 2.24) is 4.81 Å². The second-order valence-electron chi connectivity index (χ2n) is 14.8. The fraction of sp³-hybridized carbons (Fsp3) is 1.00. The predicted molar refractivity (Wildman–Crippen MR) is 148 cm³/mol. The van der Waals surface area contributed by atoms with Gasteiger partial charge in [-0.25, -0.2) is 0 Å². The van der Waals surface area contributed by atoms with Crippen molar-refractivity contribution in [2.24, 2.45) is 23.7 Å². The molecule has 1 heterocycles. The molecule has 1 aliphatic heterocycles. The average Bonchev–Trinajstić information content (AvgIpc) is 3.28. The van der Waals surface area contributed by atoms with Gasteiger partial charge < -0.3 is 4.81 Å². The van der Waals surface area contributed by atoms with Crippen molar-refractivity contribution >= 4 is 22.0 Å². The van der Waals surface area contributed by atoms with Crippen LogP contribution < -0.4 is 0 Å². The minimum atomic E-state index is -1.31. The summed E-state index contributed by atoms with van der Waals surface area (Å²) in [6, 6.07) is 1.39. The first-order valence-electron chi connectivity index (χ1n) is 14.8. The van der Waals surface area contributed by atoms with E-state index in [-0.39, 0.29) is 0 Å². The van der Waals surface area contributed by atoms with E-state index in [1.807, 2.05) is 0 Å². The van der Waals surface area contributed by atoms with Crippen molar-refractivity contribution in [2.45, 2.75) is 153 Å². The van der Waals surface area contributed by atoms with Gasteiger partial charge in [-0.2, -0.15) is 0 Å². The van der Waals surface area contributed by atoms with Gasteiger partial charge in [0.15, 0.2) is 0 Å². The fourth-order valence-corrected chi connectivity index (χ4v) is 26.6. The van der Waals surface area contributed by atoms with Crippen molar-refractivity contribution in [3.05, 3.63) is 0 Å². The maximum absolute atomic E-state index is 3.10. The van der Waals surface area contributed by atoms with Crippen LogP contribution in [0.3, 0.4) is 0 Å². The molecular weight excluding hydrogens is 417 g/mol. The van der Waals surface area contributed by atoms with Crippen LogP contribution in [0, 0.1) is 23.7 Å². The van der Waals surface area contributed by atoms with Crippen molar-refractivity contribution in [3.8, 4) is 0 Å². The normalized spacial score (nSPS) is 44.9. The van der Waals surface area contributed by atoms with Gasteiger partial charge >= 0.3 is 0 Å². The summed E-state index contributed by atoms with van der Waals surface area (Å²) in [4.78, 5) is 3.10. The summed E-state index contributed by atoms with van der Waals surface area (Å²) in [7, 11) is -2.63. The van der Waals surface area contributed by atoms with E-state index in [0.717, 1.165) is 53.2 Å². The topological polar surface area (TPSA) is 3.24 Å². The molecule has 182 valence electrons. The molecule has 0 N–H and O–H groups in total. The van der Waals surface area contributed by atoms with Crippen molar-refractivity contribution < 1.29 is 0 Å². The summed E-state index contributed by atoms with van der Waals surface area (Å²) in [6.07, 6.45) is 15.7. The summed E-state index contributed by atoms with van der Waals surface area (Å²) in [6.45, 7) is 22.8. The van der Waals surface area contributed by atoms with E-state index in [1.165, 1.54) is 25.7 Å². The van der Waals surface area contributed by atoms with Crippen LogP contribution in [0.2, 0.25) is 48.9 Å². The number of nitrogens with zero attached hydrogens (tertiary/aromatic N) is 1. The average molecular weight is 472 g/mol. The minimum Gasteiger partial charge on any atom is -0.337 e. The van der Waals surface area contributed by atoms with Gasteiger partial charge in [-0.1, -0.05) is 118 Å². The molecule has 8 unspecified atom stereocenters. The summed E-state index contributed by atoms with van der Waals surface area (Å²) in [5, 5.41) is 0. The predicted octanol–water partition coefficient (Wildman–Crippen LogP) is 8.51. The maximum atomic E-state index is 3.10. The highest BCUT2D eigenvalue weighted by Gasteiger charge is 2.69. The Hall–Kier alpha value is 0.459. The first-order chi connectivity index (χ1) is 15.1. The van der Waals surface area contributed by atoms with Crippen molar-refractivity contribution in [1.29, 1.82) is 0 Å². The Labute approximate surface area is 203 Å². The molecule has 32 heavy (non-hydrogen) atoms. The molecule has 0 radical (unpaired) electrons. The van der Waals surface area contributed by atoms with E-state index < -0.39 is 15.2 Å². The van der Waals surface area contributed by atoms with E-state index in [0.29, 0.717) is 12.1 Å². The van der Waals surface area contributed by atoms with Crippen LogP contribution in [0.1, 0.15) is 91.9 Å². The summed E-state index contributed by atoms with van der Waals surface area (Å²) >= 11 is 0. The molecule has 5 fully saturated rings. The van der Waals surface area contributed by atoms with Gasteiger partial charge in [0.2, 0.25) is 6.85 Å². The largest absolute Gasteiger partial charge is 0.337 e. The molecule has 0 aromatic carbocycles.